The minimum Gasteiger partial charge on any atom is -0.376 e. The van der Waals surface area contributed by atoms with E-state index in [-0.39, 0.29) is 35.8 Å². The van der Waals surface area contributed by atoms with E-state index in [4.69, 9.17) is 5.26 Å². The highest BCUT2D eigenvalue weighted by Crippen LogP contribution is 2.40. The smallest absolute Gasteiger partial charge is 0.376 e. The van der Waals surface area contributed by atoms with Crippen molar-refractivity contribution in [3.63, 3.8) is 0 Å². The number of sulfonamides is 1. The quantitative estimate of drug-likeness (QED) is 0.609. The Kier molecular flexibility index (Phi) is 6.88. The summed E-state index contributed by atoms with van der Waals surface area (Å²) in [5, 5.41) is 18.7. The minimum atomic E-state index is -4.97. The molecule has 0 radical (unpaired) electrons. The molecule has 3 rings (SSSR count). The zero-order valence-electron chi connectivity index (χ0n) is 18.5. The maximum Gasteiger partial charge on any atom is 0.421 e. The summed E-state index contributed by atoms with van der Waals surface area (Å²) in [7, 11) is -4.19. The van der Waals surface area contributed by atoms with Crippen LogP contribution in [0.5, 0.6) is 0 Å². The van der Waals surface area contributed by atoms with Crippen LogP contribution in [0, 0.1) is 11.3 Å². The number of rotatable bonds is 4. The first-order valence-corrected chi connectivity index (χ1v) is 11.7. The molecule has 0 amide bonds. The SMILES string of the molecule is C[C@@H]1CN(c2ccc(C#N)cc2C(F)(F)F)CCN1S(=O)(=O)c1ccc(C(C)(O)C(F)(F)F)cc1. The number of hydrogen-bond acceptors (Lipinski definition) is 5. The summed E-state index contributed by atoms with van der Waals surface area (Å²) in [6.45, 7) is 1.71. The van der Waals surface area contributed by atoms with Crippen LogP contribution in [-0.2, 0) is 21.8 Å². The number of halogens is 6. The lowest BCUT2D eigenvalue weighted by molar-refractivity contribution is -0.258. The van der Waals surface area contributed by atoms with E-state index < -0.39 is 45.1 Å². The Bertz CT molecular complexity index is 1240. The molecule has 2 atom stereocenters. The second-order valence-corrected chi connectivity index (χ2v) is 10.2. The fourth-order valence-corrected chi connectivity index (χ4v) is 5.49. The van der Waals surface area contributed by atoms with Crippen molar-refractivity contribution < 1.29 is 39.9 Å². The largest absolute Gasteiger partial charge is 0.421 e. The van der Waals surface area contributed by atoms with Crippen molar-refractivity contribution in [1.82, 2.24) is 4.31 Å². The highest BCUT2D eigenvalue weighted by molar-refractivity contribution is 7.89. The summed E-state index contributed by atoms with van der Waals surface area (Å²) in [5.41, 5.74) is -5.07. The molecule has 1 heterocycles. The molecular formula is C22H21F6N3O3S. The molecular weight excluding hydrogens is 500 g/mol. The van der Waals surface area contributed by atoms with Gasteiger partial charge in [-0.15, -0.1) is 0 Å². The maximum atomic E-state index is 13.6. The van der Waals surface area contributed by atoms with Crippen LogP contribution >= 0.6 is 0 Å². The molecule has 0 saturated carbocycles. The molecule has 13 heteroatoms. The van der Waals surface area contributed by atoms with E-state index in [1.54, 1.807) is 6.07 Å². The van der Waals surface area contributed by atoms with Crippen LogP contribution in [0.25, 0.3) is 0 Å². The van der Waals surface area contributed by atoms with Gasteiger partial charge >= 0.3 is 12.4 Å². The Morgan fingerprint density at radius 3 is 2.11 bits per heavy atom. The second kappa shape index (κ2) is 9.00. The zero-order valence-corrected chi connectivity index (χ0v) is 19.3. The van der Waals surface area contributed by atoms with Gasteiger partial charge in [0.1, 0.15) is 0 Å². The fraction of sp³-hybridized carbons (Fsp3) is 0.409. The molecule has 1 N–H and O–H groups in total. The molecule has 1 fully saturated rings. The summed E-state index contributed by atoms with van der Waals surface area (Å²) >= 11 is 0. The van der Waals surface area contributed by atoms with Gasteiger partial charge in [-0.1, -0.05) is 12.1 Å². The van der Waals surface area contributed by atoms with E-state index in [9.17, 15) is 39.9 Å². The van der Waals surface area contributed by atoms with Gasteiger partial charge < -0.3 is 10.0 Å². The molecule has 0 bridgehead atoms. The van der Waals surface area contributed by atoms with Crippen LogP contribution < -0.4 is 4.90 Å². The topological polar surface area (TPSA) is 84.6 Å². The molecule has 190 valence electrons. The predicted octanol–water partition coefficient (Wildman–Crippen LogP) is 4.25. The van der Waals surface area contributed by atoms with Gasteiger partial charge in [-0.25, -0.2) is 8.42 Å². The molecule has 0 spiro atoms. The highest BCUT2D eigenvalue weighted by Gasteiger charge is 2.51. The maximum absolute atomic E-state index is 13.6. The molecule has 1 unspecified atom stereocenters. The Balaban J connectivity index is 1.85. The fourth-order valence-electron chi connectivity index (χ4n) is 3.88. The molecule has 0 aliphatic carbocycles. The second-order valence-electron chi connectivity index (χ2n) is 8.35. The van der Waals surface area contributed by atoms with E-state index in [2.05, 4.69) is 0 Å². The Hall–Kier alpha value is -2.82. The van der Waals surface area contributed by atoms with E-state index >= 15 is 0 Å². The number of hydrogen-bond donors (Lipinski definition) is 1. The molecule has 2 aromatic rings. The molecule has 35 heavy (non-hydrogen) atoms. The lowest BCUT2D eigenvalue weighted by atomic mass is 9.96. The predicted molar refractivity (Wildman–Crippen MR) is 114 cm³/mol. The monoisotopic (exact) mass is 521 g/mol. The first-order valence-electron chi connectivity index (χ1n) is 10.3. The van der Waals surface area contributed by atoms with Crippen LogP contribution in [0.1, 0.15) is 30.5 Å². The van der Waals surface area contributed by atoms with Gasteiger partial charge in [0.15, 0.2) is 5.60 Å². The minimum absolute atomic E-state index is 0.0839. The number of aliphatic hydroxyl groups is 1. The summed E-state index contributed by atoms with van der Waals surface area (Å²) < 4.78 is 107. The first kappa shape index (κ1) is 26.8. The Labute approximate surface area is 198 Å². The first-order chi connectivity index (χ1) is 16.0. The van der Waals surface area contributed by atoms with Gasteiger partial charge in [-0.2, -0.15) is 35.9 Å². The molecule has 0 aromatic heterocycles. The normalized spacial score (nSPS) is 19.8. The summed E-state index contributed by atoms with van der Waals surface area (Å²) in [6.07, 6.45) is -9.70. The van der Waals surface area contributed by atoms with Gasteiger partial charge in [0.05, 0.1) is 22.1 Å². The van der Waals surface area contributed by atoms with E-state index in [1.165, 1.54) is 24.0 Å². The van der Waals surface area contributed by atoms with Crippen molar-refractivity contribution >= 4 is 15.7 Å². The average molecular weight is 521 g/mol. The number of nitrogens with zero attached hydrogens (tertiary/aromatic N) is 3. The van der Waals surface area contributed by atoms with Crippen molar-refractivity contribution in [2.45, 2.75) is 42.7 Å². The Morgan fingerprint density at radius 1 is 1.03 bits per heavy atom. The van der Waals surface area contributed by atoms with Crippen LogP contribution in [0.3, 0.4) is 0 Å². The van der Waals surface area contributed by atoms with Gasteiger partial charge in [-0.05, 0) is 49.7 Å². The third kappa shape index (κ3) is 5.10. The Morgan fingerprint density at radius 2 is 1.63 bits per heavy atom. The summed E-state index contributed by atoms with van der Waals surface area (Å²) in [5.74, 6) is 0. The van der Waals surface area contributed by atoms with Crippen molar-refractivity contribution in [3.05, 3.63) is 59.2 Å². The number of benzene rings is 2. The van der Waals surface area contributed by atoms with Crippen LogP contribution in [0.15, 0.2) is 47.4 Å². The van der Waals surface area contributed by atoms with Gasteiger partial charge in [0.25, 0.3) is 0 Å². The molecule has 1 saturated heterocycles. The third-order valence-electron chi connectivity index (χ3n) is 5.91. The number of nitriles is 1. The standard InChI is InChI=1S/C22H21F6N3O3S/c1-14-13-30(19-8-3-15(12-29)11-18(19)21(23,24)25)9-10-31(14)35(33,34)17-6-4-16(5-7-17)20(2,32)22(26,27)28/h3-8,11,14,32H,9-10,13H2,1-2H3/t14-,20?/m1/s1. The number of anilines is 1. The van der Waals surface area contributed by atoms with Crippen molar-refractivity contribution in [2.75, 3.05) is 24.5 Å². The lowest BCUT2D eigenvalue weighted by Crippen LogP contribution is -2.54. The van der Waals surface area contributed by atoms with Gasteiger partial charge in [-0.3, -0.25) is 0 Å². The van der Waals surface area contributed by atoms with Gasteiger partial charge in [0, 0.05) is 31.4 Å². The summed E-state index contributed by atoms with van der Waals surface area (Å²) in [6, 6.07) is 7.68. The van der Waals surface area contributed by atoms with E-state index in [0.717, 1.165) is 34.6 Å². The highest BCUT2D eigenvalue weighted by atomic mass is 32.2. The van der Waals surface area contributed by atoms with E-state index in [1.807, 2.05) is 0 Å². The summed E-state index contributed by atoms with van der Waals surface area (Å²) in [4.78, 5) is 1.07. The molecule has 6 nitrogen and oxygen atoms in total. The molecule has 2 aromatic carbocycles. The third-order valence-corrected chi connectivity index (χ3v) is 7.94. The van der Waals surface area contributed by atoms with Crippen molar-refractivity contribution in [1.29, 1.82) is 5.26 Å². The molecule has 1 aliphatic rings. The average Bonchev–Trinajstić information content (AvgIpc) is 2.77. The lowest BCUT2D eigenvalue weighted by Gasteiger charge is -2.40. The van der Waals surface area contributed by atoms with Crippen LogP contribution in [0.2, 0.25) is 0 Å². The van der Waals surface area contributed by atoms with Crippen LogP contribution in [-0.4, -0.2) is 49.7 Å². The number of alkyl halides is 6. The van der Waals surface area contributed by atoms with Crippen molar-refractivity contribution in [2.24, 2.45) is 0 Å². The van der Waals surface area contributed by atoms with Crippen LogP contribution in [0.4, 0.5) is 32.0 Å². The zero-order chi connectivity index (χ0) is 26.4. The van der Waals surface area contributed by atoms with E-state index in [0.29, 0.717) is 6.92 Å². The van der Waals surface area contributed by atoms with Gasteiger partial charge in [0.2, 0.25) is 10.0 Å². The molecule has 1 aliphatic heterocycles. The van der Waals surface area contributed by atoms with Crippen molar-refractivity contribution in [3.8, 4) is 6.07 Å². The number of piperazine rings is 1.